The van der Waals surface area contributed by atoms with Crippen molar-refractivity contribution in [1.29, 1.82) is 0 Å². The van der Waals surface area contributed by atoms with Crippen LogP contribution >= 0.6 is 0 Å². The third kappa shape index (κ3) is 3.48. The van der Waals surface area contributed by atoms with Gasteiger partial charge in [-0.25, -0.2) is 0 Å². The van der Waals surface area contributed by atoms with Gasteiger partial charge in [-0.3, -0.25) is 4.90 Å². The maximum absolute atomic E-state index is 8.71. The molecule has 98 valence electrons. The van der Waals surface area contributed by atoms with Crippen molar-refractivity contribution < 1.29 is 14.7 Å². The van der Waals surface area contributed by atoms with Gasteiger partial charge in [0.2, 0.25) is 0 Å². The lowest BCUT2D eigenvalue weighted by Crippen LogP contribution is -2.32. The van der Waals surface area contributed by atoms with Gasteiger partial charge in [0.1, 0.15) is 5.75 Å². The minimum Gasteiger partial charge on any atom is -0.512 e. The van der Waals surface area contributed by atoms with E-state index in [0.717, 1.165) is 13.1 Å². The van der Waals surface area contributed by atoms with E-state index in [0.29, 0.717) is 11.8 Å². The summed E-state index contributed by atoms with van der Waals surface area (Å²) in [4.78, 5) is 2.49. The molecule has 2 N–H and O–H groups in total. The molecule has 2 rings (SSSR count). The molecule has 1 unspecified atom stereocenters. The highest BCUT2D eigenvalue weighted by Crippen LogP contribution is 2.25. The van der Waals surface area contributed by atoms with Crippen LogP contribution in [-0.2, 0) is 0 Å². The molecule has 1 aliphatic rings. The summed E-state index contributed by atoms with van der Waals surface area (Å²) in [6.07, 6.45) is 3.90. The molecule has 1 fully saturated rings. The molecule has 0 amide bonds. The van der Waals surface area contributed by atoms with Crippen molar-refractivity contribution >= 4 is 7.32 Å². The van der Waals surface area contributed by atoms with Crippen molar-refractivity contribution in [3.8, 4) is 5.75 Å². The zero-order valence-corrected chi connectivity index (χ0v) is 10.7. The Hall–Kier alpha value is -1.04. The van der Waals surface area contributed by atoms with Crippen molar-refractivity contribution in [3.05, 3.63) is 29.8 Å². The molecule has 1 aliphatic heterocycles. The van der Waals surface area contributed by atoms with Gasteiger partial charge in [-0.05, 0) is 50.6 Å². The van der Waals surface area contributed by atoms with E-state index < -0.39 is 7.32 Å². The first-order valence-corrected chi connectivity index (χ1v) is 6.53. The van der Waals surface area contributed by atoms with E-state index in [4.69, 9.17) is 14.7 Å². The normalized spacial score (nSPS) is 18.4. The fourth-order valence-electron chi connectivity index (χ4n) is 2.46. The molecule has 1 atom stereocenters. The van der Waals surface area contributed by atoms with Crippen LogP contribution in [0.25, 0.3) is 0 Å². The van der Waals surface area contributed by atoms with Crippen LogP contribution in [0.5, 0.6) is 5.75 Å². The lowest BCUT2D eigenvalue weighted by molar-refractivity contribution is 0.175. The Balaban J connectivity index is 1.99. The topological polar surface area (TPSA) is 52.9 Å². The Bertz CT molecular complexity index is 363. The molecular weight excluding hydrogens is 229 g/mol. The molecule has 1 heterocycles. The van der Waals surface area contributed by atoms with E-state index in [1.165, 1.54) is 24.8 Å². The number of piperidine rings is 1. The second-order valence-electron chi connectivity index (χ2n) is 4.79. The molecule has 0 aromatic heterocycles. The summed E-state index contributed by atoms with van der Waals surface area (Å²) in [5, 5.41) is 17.4. The van der Waals surface area contributed by atoms with Gasteiger partial charge in [0, 0.05) is 6.04 Å². The van der Waals surface area contributed by atoms with Gasteiger partial charge in [-0.1, -0.05) is 18.6 Å². The van der Waals surface area contributed by atoms with Crippen LogP contribution in [-0.4, -0.2) is 35.4 Å². The molecule has 1 saturated heterocycles. The number of hydrogen-bond acceptors (Lipinski definition) is 4. The Morgan fingerprint density at radius 1 is 1.11 bits per heavy atom. The van der Waals surface area contributed by atoms with Crippen LogP contribution in [0, 0.1) is 0 Å². The third-order valence-corrected chi connectivity index (χ3v) is 3.54. The molecule has 0 bridgehead atoms. The predicted octanol–water partition coefficient (Wildman–Crippen LogP) is 1.58. The monoisotopic (exact) mass is 249 g/mol. The fraction of sp³-hybridized carbons (Fsp3) is 0.538. The Labute approximate surface area is 108 Å². The van der Waals surface area contributed by atoms with Crippen molar-refractivity contribution in [1.82, 2.24) is 4.90 Å². The lowest BCUT2D eigenvalue weighted by atomic mass is 10.0. The van der Waals surface area contributed by atoms with E-state index in [9.17, 15) is 0 Å². The van der Waals surface area contributed by atoms with Gasteiger partial charge in [-0.15, -0.1) is 0 Å². The molecule has 0 radical (unpaired) electrons. The maximum atomic E-state index is 8.71. The summed E-state index contributed by atoms with van der Waals surface area (Å²) in [6, 6.07) is 7.91. The summed E-state index contributed by atoms with van der Waals surface area (Å²) in [7, 11) is -1.75. The minimum absolute atomic E-state index is 0.401. The Morgan fingerprint density at radius 2 is 1.72 bits per heavy atom. The highest BCUT2D eigenvalue weighted by molar-refractivity contribution is 6.33. The molecule has 0 aliphatic carbocycles. The van der Waals surface area contributed by atoms with Crippen LogP contribution in [0.15, 0.2) is 24.3 Å². The number of likely N-dealkylation sites (tertiary alicyclic amines) is 1. The van der Waals surface area contributed by atoms with E-state index in [-0.39, 0.29) is 0 Å². The maximum Gasteiger partial charge on any atom is 0.707 e. The van der Waals surface area contributed by atoms with Gasteiger partial charge in [0.15, 0.2) is 0 Å². The molecule has 5 heteroatoms. The van der Waals surface area contributed by atoms with Crippen molar-refractivity contribution in [2.24, 2.45) is 0 Å². The molecule has 18 heavy (non-hydrogen) atoms. The van der Waals surface area contributed by atoms with E-state index in [1.807, 2.05) is 12.1 Å². The average Bonchev–Trinajstić information content (AvgIpc) is 2.39. The van der Waals surface area contributed by atoms with E-state index in [1.54, 1.807) is 12.1 Å². The summed E-state index contributed by atoms with van der Waals surface area (Å²) >= 11 is 0. The SMILES string of the molecule is CC(c1ccc(OB(O)O)cc1)N1CCCCC1. The van der Waals surface area contributed by atoms with Crippen LogP contribution in [0.2, 0.25) is 0 Å². The van der Waals surface area contributed by atoms with Gasteiger partial charge in [-0.2, -0.15) is 0 Å². The van der Waals surface area contributed by atoms with Crippen molar-refractivity contribution in [2.45, 2.75) is 32.2 Å². The summed E-state index contributed by atoms with van der Waals surface area (Å²) < 4.78 is 4.79. The molecule has 0 saturated carbocycles. The average molecular weight is 249 g/mol. The number of nitrogens with zero attached hydrogens (tertiary/aromatic N) is 1. The summed E-state index contributed by atoms with van der Waals surface area (Å²) in [5.41, 5.74) is 1.23. The molecule has 1 aromatic rings. The quantitative estimate of drug-likeness (QED) is 0.795. The highest BCUT2D eigenvalue weighted by Gasteiger charge is 2.18. The first-order chi connectivity index (χ1) is 8.66. The smallest absolute Gasteiger partial charge is 0.512 e. The molecule has 4 nitrogen and oxygen atoms in total. The zero-order valence-electron chi connectivity index (χ0n) is 10.7. The van der Waals surface area contributed by atoms with E-state index >= 15 is 0 Å². The molecule has 1 aromatic carbocycles. The van der Waals surface area contributed by atoms with Crippen LogP contribution in [0.3, 0.4) is 0 Å². The number of benzene rings is 1. The fourth-order valence-corrected chi connectivity index (χ4v) is 2.46. The summed E-state index contributed by atoms with van der Waals surface area (Å²) in [6.45, 7) is 4.53. The van der Waals surface area contributed by atoms with Gasteiger partial charge in [0.25, 0.3) is 0 Å². The van der Waals surface area contributed by atoms with Crippen LogP contribution < -0.4 is 4.65 Å². The first-order valence-electron chi connectivity index (χ1n) is 6.53. The highest BCUT2D eigenvalue weighted by atomic mass is 16.6. The van der Waals surface area contributed by atoms with Crippen molar-refractivity contribution in [2.75, 3.05) is 13.1 Å². The molecule has 0 spiro atoms. The largest absolute Gasteiger partial charge is 0.707 e. The zero-order chi connectivity index (χ0) is 13.0. The Morgan fingerprint density at radius 3 is 2.28 bits per heavy atom. The first kappa shape index (κ1) is 13.4. The number of rotatable bonds is 4. The van der Waals surface area contributed by atoms with Gasteiger partial charge < -0.3 is 14.7 Å². The standard InChI is InChI=1S/C13H20BNO3/c1-11(15-9-3-2-4-10-15)12-5-7-13(8-6-12)18-14(16)17/h5-8,11,16-17H,2-4,9-10H2,1H3. The Kier molecular flexibility index (Phi) is 4.63. The number of hydrogen-bond donors (Lipinski definition) is 2. The lowest BCUT2D eigenvalue weighted by Gasteiger charge is -2.32. The van der Waals surface area contributed by atoms with Crippen LogP contribution in [0.4, 0.5) is 0 Å². The second-order valence-corrected chi connectivity index (χ2v) is 4.79. The van der Waals surface area contributed by atoms with Gasteiger partial charge >= 0.3 is 7.32 Å². The second kappa shape index (κ2) is 6.23. The summed E-state index contributed by atoms with van der Waals surface area (Å²) in [5.74, 6) is 0.472. The molecular formula is C13H20BNO3. The predicted molar refractivity (Wildman–Crippen MR) is 71.1 cm³/mol. The van der Waals surface area contributed by atoms with Crippen LogP contribution in [0.1, 0.15) is 37.8 Å². The minimum atomic E-state index is -1.75. The van der Waals surface area contributed by atoms with E-state index in [2.05, 4.69) is 11.8 Å². The van der Waals surface area contributed by atoms with Crippen molar-refractivity contribution in [3.63, 3.8) is 0 Å². The van der Waals surface area contributed by atoms with Gasteiger partial charge in [0.05, 0.1) is 0 Å². The third-order valence-electron chi connectivity index (χ3n) is 3.54.